The highest BCUT2D eigenvalue weighted by atomic mass is 19.1. The maximum absolute atomic E-state index is 13.0. The van der Waals surface area contributed by atoms with Crippen LogP contribution in [0.2, 0.25) is 0 Å². The van der Waals surface area contributed by atoms with E-state index in [1.165, 1.54) is 6.07 Å². The fraction of sp³-hybridized carbons (Fsp3) is 0.333. The van der Waals surface area contributed by atoms with Gasteiger partial charge in [-0.15, -0.1) is 0 Å². The summed E-state index contributed by atoms with van der Waals surface area (Å²) in [4.78, 5) is 0. The Morgan fingerprint density at radius 3 is 2.79 bits per heavy atom. The second kappa shape index (κ2) is 4.66. The highest BCUT2D eigenvalue weighted by Gasteiger charge is 2.01. The summed E-state index contributed by atoms with van der Waals surface area (Å²) in [5.41, 5.74) is 7.35. The summed E-state index contributed by atoms with van der Waals surface area (Å²) >= 11 is 0. The largest absolute Gasteiger partial charge is 0.398 e. The van der Waals surface area contributed by atoms with Crippen LogP contribution in [0.5, 0.6) is 0 Å². The standard InChI is InChI=1S/C12H14FN/c1-3-4-5-6-10-7-9(2)11(13)8-12(10)14/h7-8H,3-4,14H2,1-2H3. The predicted octanol–water partition coefficient (Wildman–Crippen LogP) is 2.87. The van der Waals surface area contributed by atoms with Crippen LogP contribution in [-0.4, -0.2) is 0 Å². The minimum atomic E-state index is -0.274. The third-order valence-corrected chi connectivity index (χ3v) is 1.93. The van der Waals surface area contributed by atoms with Crippen molar-refractivity contribution in [2.24, 2.45) is 0 Å². The van der Waals surface area contributed by atoms with Crippen molar-refractivity contribution >= 4 is 5.69 Å². The van der Waals surface area contributed by atoms with E-state index in [1.807, 2.05) is 0 Å². The molecule has 2 heteroatoms. The van der Waals surface area contributed by atoms with Gasteiger partial charge in [-0.1, -0.05) is 18.8 Å². The van der Waals surface area contributed by atoms with E-state index in [0.717, 1.165) is 18.4 Å². The number of unbranched alkanes of at least 4 members (excludes halogenated alkanes) is 1. The Labute approximate surface area is 84.1 Å². The van der Waals surface area contributed by atoms with Crippen molar-refractivity contribution in [3.8, 4) is 11.8 Å². The second-order valence-electron chi connectivity index (χ2n) is 3.24. The lowest BCUT2D eigenvalue weighted by molar-refractivity contribution is 0.619. The van der Waals surface area contributed by atoms with Gasteiger partial charge in [-0.2, -0.15) is 0 Å². The molecule has 0 atom stereocenters. The number of anilines is 1. The molecule has 0 saturated carbocycles. The van der Waals surface area contributed by atoms with Crippen molar-refractivity contribution in [2.45, 2.75) is 26.7 Å². The predicted molar refractivity (Wildman–Crippen MR) is 57.3 cm³/mol. The summed E-state index contributed by atoms with van der Waals surface area (Å²) in [6.45, 7) is 3.77. The molecule has 0 aliphatic rings. The molecule has 1 aromatic rings. The van der Waals surface area contributed by atoms with Gasteiger partial charge < -0.3 is 5.73 Å². The molecule has 0 aromatic heterocycles. The van der Waals surface area contributed by atoms with Crippen molar-refractivity contribution in [1.82, 2.24) is 0 Å². The SMILES string of the molecule is CCCC#Cc1cc(C)c(F)cc1N. The molecule has 1 rings (SSSR count). The highest BCUT2D eigenvalue weighted by Crippen LogP contribution is 2.16. The number of nitrogens with two attached hydrogens (primary N) is 1. The summed E-state index contributed by atoms with van der Waals surface area (Å²) in [5.74, 6) is 5.65. The number of aryl methyl sites for hydroxylation is 1. The lowest BCUT2D eigenvalue weighted by Crippen LogP contribution is -1.94. The van der Waals surface area contributed by atoms with Gasteiger partial charge in [-0.25, -0.2) is 4.39 Å². The van der Waals surface area contributed by atoms with E-state index in [0.29, 0.717) is 11.3 Å². The van der Waals surface area contributed by atoms with E-state index in [2.05, 4.69) is 18.8 Å². The number of hydrogen-bond acceptors (Lipinski definition) is 1. The summed E-state index contributed by atoms with van der Waals surface area (Å²) in [6, 6.07) is 3.01. The van der Waals surface area contributed by atoms with Gasteiger partial charge in [0.2, 0.25) is 0 Å². The molecule has 0 radical (unpaired) electrons. The number of rotatable bonds is 1. The Bertz CT molecular complexity index is 385. The average Bonchev–Trinajstić information content (AvgIpc) is 2.14. The molecule has 0 spiro atoms. The Kier molecular flexibility index (Phi) is 3.53. The van der Waals surface area contributed by atoms with Gasteiger partial charge in [-0.05, 0) is 31.0 Å². The first kappa shape index (κ1) is 10.6. The lowest BCUT2D eigenvalue weighted by atomic mass is 10.1. The molecule has 0 saturated heterocycles. The first-order valence-corrected chi connectivity index (χ1v) is 4.69. The molecule has 2 N–H and O–H groups in total. The molecule has 14 heavy (non-hydrogen) atoms. The van der Waals surface area contributed by atoms with Crippen LogP contribution in [0.25, 0.3) is 0 Å². The third kappa shape index (κ3) is 2.50. The van der Waals surface area contributed by atoms with Gasteiger partial charge in [-0.3, -0.25) is 0 Å². The molecule has 0 aliphatic carbocycles. The van der Waals surface area contributed by atoms with Crippen LogP contribution >= 0.6 is 0 Å². The van der Waals surface area contributed by atoms with E-state index in [9.17, 15) is 4.39 Å². The highest BCUT2D eigenvalue weighted by molar-refractivity contribution is 5.57. The van der Waals surface area contributed by atoms with Crippen LogP contribution in [0.3, 0.4) is 0 Å². The molecule has 1 nitrogen and oxygen atoms in total. The summed E-state index contributed by atoms with van der Waals surface area (Å²) in [7, 11) is 0. The number of benzene rings is 1. The van der Waals surface area contributed by atoms with Crippen LogP contribution < -0.4 is 5.73 Å². The van der Waals surface area contributed by atoms with Crippen molar-refractivity contribution in [3.05, 3.63) is 29.1 Å². The summed E-state index contributed by atoms with van der Waals surface area (Å²) in [5, 5.41) is 0. The maximum Gasteiger partial charge on any atom is 0.128 e. The molecule has 0 aliphatic heterocycles. The molecule has 0 heterocycles. The summed E-state index contributed by atoms with van der Waals surface area (Å²) < 4.78 is 13.0. The maximum atomic E-state index is 13.0. The summed E-state index contributed by atoms with van der Waals surface area (Å²) in [6.07, 6.45) is 1.86. The number of hydrogen-bond donors (Lipinski definition) is 1. The van der Waals surface area contributed by atoms with E-state index in [-0.39, 0.29) is 5.82 Å². The Balaban J connectivity index is 3.00. The zero-order valence-electron chi connectivity index (χ0n) is 8.52. The average molecular weight is 191 g/mol. The molecular weight excluding hydrogens is 177 g/mol. The molecule has 1 aromatic carbocycles. The van der Waals surface area contributed by atoms with Crippen molar-refractivity contribution in [3.63, 3.8) is 0 Å². The van der Waals surface area contributed by atoms with Gasteiger partial charge in [0.1, 0.15) is 5.82 Å². The van der Waals surface area contributed by atoms with E-state index in [4.69, 9.17) is 5.73 Å². The Hall–Kier alpha value is -1.49. The Morgan fingerprint density at radius 1 is 1.43 bits per heavy atom. The van der Waals surface area contributed by atoms with Crippen LogP contribution in [-0.2, 0) is 0 Å². The van der Waals surface area contributed by atoms with Crippen molar-refractivity contribution in [2.75, 3.05) is 5.73 Å². The van der Waals surface area contributed by atoms with Crippen LogP contribution in [0.1, 0.15) is 30.9 Å². The molecule has 0 bridgehead atoms. The monoisotopic (exact) mass is 191 g/mol. The molecule has 74 valence electrons. The van der Waals surface area contributed by atoms with Gasteiger partial charge in [0.05, 0.1) is 5.69 Å². The smallest absolute Gasteiger partial charge is 0.128 e. The number of nitrogen functional groups attached to an aromatic ring is 1. The molecule has 0 fully saturated rings. The van der Waals surface area contributed by atoms with E-state index < -0.39 is 0 Å². The van der Waals surface area contributed by atoms with Crippen molar-refractivity contribution in [1.29, 1.82) is 0 Å². The number of halogens is 1. The topological polar surface area (TPSA) is 26.0 Å². The van der Waals surface area contributed by atoms with Crippen LogP contribution in [0.4, 0.5) is 10.1 Å². The van der Waals surface area contributed by atoms with Crippen molar-refractivity contribution < 1.29 is 4.39 Å². The van der Waals surface area contributed by atoms with Crippen LogP contribution in [0.15, 0.2) is 12.1 Å². The minimum absolute atomic E-state index is 0.274. The third-order valence-electron chi connectivity index (χ3n) is 1.93. The molecular formula is C12H14FN. The second-order valence-corrected chi connectivity index (χ2v) is 3.24. The molecule has 0 amide bonds. The van der Waals surface area contributed by atoms with E-state index >= 15 is 0 Å². The lowest BCUT2D eigenvalue weighted by Gasteiger charge is -2.01. The minimum Gasteiger partial charge on any atom is -0.398 e. The Morgan fingerprint density at radius 2 is 2.14 bits per heavy atom. The zero-order chi connectivity index (χ0) is 10.6. The zero-order valence-corrected chi connectivity index (χ0v) is 8.52. The van der Waals surface area contributed by atoms with Gasteiger partial charge in [0.25, 0.3) is 0 Å². The normalized spacial score (nSPS) is 9.36. The first-order valence-electron chi connectivity index (χ1n) is 4.69. The fourth-order valence-corrected chi connectivity index (χ4v) is 1.09. The van der Waals surface area contributed by atoms with Gasteiger partial charge in [0, 0.05) is 12.0 Å². The van der Waals surface area contributed by atoms with Gasteiger partial charge in [0.15, 0.2) is 0 Å². The van der Waals surface area contributed by atoms with E-state index in [1.54, 1.807) is 13.0 Å². The fourth-order valence-electron chi connectivity index (χ4n) is 1.09. The van der Waals surface area contributed by atoms with Gasteiger partial charge >= 0.3 is 0 Å². The molecule has 0 unspecified atom stereocenters. The quantitative estimate of drug-likeness (QED) is 0.536. The first-order chi connectivity index (χ1) is 6.65. The van der Waals surface area contributed by atoms with Crippen LogP contribution in [0, 0.1) is 24.6 Å².